The summed E-state index contributed by atoms with van der Waals surface area (Å²) in [6.45, 7) is 6.89. The van der Waals surface area contributed by atoms with E-state index in [9.17, 15) is 0 Å². The van der Waals surface area contributed by atoms with Crippen molar-refractivity contribution >= 4 is 17.3 Å². The van der Waals surface area contributed by atoms with Crippen molar-refractivity contribution in [1.82, 2.24) is 15.5 Å². The number of hydrogen-bond donors (Lipinski definition) is 2. The van der Waals surface area contributed by atoms with Crippen LogP contribution in [0.3, 0.4) is 0 Å². The normalized spacial score (nSPS) is 27.0. The van der Waals surface area contributed by atoms with Crippen LogP contribution < -0.4 is 10.6 Å². The van der Waals surface area contributed by atoms with Crippen LogP contribution in [0.2, 0.25) is 0 Å². The zero-order valence-corrected chi connectivity index (χ0v) is 16.4. The van der Waals surface area contributed by atoms with Crippen LogP contribution in [0.5, 0.6) is 0 Å². The zero-order valence-electron chi connectivity index (χ0n) is 15.5. The minimum Gasteiger partial charge on any atom is -0.379 e. The van der Waals surface area contributed by atoms with E-state index in [1.807, 2.05) is 18.4 Å². The van der Waals surface area contributed by atoms with Gasteiger partial charge in [0.2, 0.25) is 0 Å². The van der Waals surface area contributed by atoms with Crippen LogP contribution in [0, 0.1) is 5.92 Å². The van der Waals surface area contributed by atoms with Crippen molar-refractivity contribution in [2.45, 2.75) is 44.7 Å². The molecule has 2 aliphatic rings. The van der Waals surface area contributed by atoms with Crippen molar-refractivity contribution in [1.29, 1.82) is 0 Å². The molecule has 6 heteroatoms. The van der Waals surface area contributed by atoms with Gasteiger partial charge in [0.25, 0.3) is 0 Å². The summed E-state index contributed by atoms with van der Waals surface area (Å²) in [5.74, 6) is 1.81. The lowest BCUT2D eigenvalue weighted by Gasteiger charge is -2.35. The minimum absolute atomic E-state index is 0.383. The molecule has 0 spiro atoms. The first-order valence-electron chi connectivity index (χ1n) is 9.58. The number of thiophene rings is 1. The Morgan fingerprint density at radius 3 is 2.72 bits per heavy atom. The molecule has 0 bridgehead atoms. The lowest BCUT2D eigenvalue weighted by atomic mass is 9.87. The SMILES string of the molecule is CN=C(NCC(c1cccs1)N1CCOCC1)NC1CCC(C)CC1. The average Bonchev–Trinajstić information content (AvgIpc) is 3.18. The van der Waals surface area contributed by atoms with E-state index in [4.69, 9.17) is 4.74 Å². The van der Waals surface area contributed by atoms with Gasteiger partial charge in [0.05, 0.1) is 19.3 Å². The Morgan fingerprint density at radius 1 is 1.32 bits per heavy atom. The molecule has 2 N–H and O–H groups in total. The monoisotopic (exact) mass is 364 g/mol. The van der Waals surface area contributed by atoms with Gasteiger partial charge >= 0.3 is 0 Å². The van der Waals surface area contributed by atoms with E-state index in [0.717, 1.165) is 44.7 Å². The first kappa shape index (κ1) is 18.7. The van der Waals surface area contributed by atoms with Gasteiger partial charge in [-0.3, -0.25) is 9.89 Å². The molecule has 1 aromatic rings. The Bertz CT molecular complexity index is 520. The molecule has 0 amide bonds. The molecule has 25 heavy (non-hydrogen) atoms. The van der Waals surface area contributed by atoms with E-state index in [-0.39, 0.29) is 0 Å². The highest BCUT2D eigenvalue weighted by molar-refractivity contribution is 7.10. The van der Waals surface area contributed by atoms with Gasteiger partial charge in [-0.15, -0.1) is 11.3 Å². The van der Waals surface area contributed by atoms with E-state index in [1.54, 1.807) is 0 Å². The summed E-state index contributed by atoms with van der Waals surface area (Å²) in [7, 11) is 1.87. The quantitative estimate of drug-likeness (QED) is 0.623. The summed E-state index contributed by atoms with van der Waals surface area (Å²) < 4.78 is 5.53. The molecule has 0 aromatic carbocycles. The second kappa shape index (κ2) is 9.55. The van der Waals surface area contributed by atoms with Crippen molar-refractivity contribution in [3.63, 3.8) is 0 Å². The summed E-state index contributed by atoms with van der Waals surface area (Å²) in [6, 6.07) is 5.33. The molecule has 1 aliphatic heterocycles. The van der Waals surface area contributed by atoms with E-state index in [2.05, 4.69) is 45.0 Å². The van der Waals surface area contributed by atoms with Crippen molar-refractivity contribution in [2.24, 2.45) is 10.9 Å². The first-order chi connectivity index (χ1) is 12.3. The van der Waals surface area contributed by atoms with E-state index >= 15 is 0 Å². The van der Waals surface area contributed by atoms with Crippen LogP contribution in [-0.2, 0) is 4.74 Å². The molecule has 5 nitrogen and oxygen atoms in total. The molecular formula is C19H32N4OS. The first-order valence-corrected chi connectivity index (χ1v) is 10.5. The third-order valence-electron chi connectivity index (χ3n) is 5.40. The highest BCUT2D eigenvalue weighted by atomic mass is 32.1. The predicted molar refractivity (Wildman–Crippen MR) is 105 cm³/mol. The molecule has 1 saturated carbocycles. The fraction of sp³-hybridized carbons (Fsp3) is 0.737. The average molecular weight is 365 g/mol. The fourth-order valence-electron chi connectivity index (χ4n) is 3.77. The van der Waals surface area contributed by atoms with Gasteiger partial charge in [-0.2, -0.15) is 0 Å². The molecule has 1 aliphatic carbocycles. The number of morpholine rings is 1. The predicted octanol–water partition coefficient (Wildman–Crippen LogP) is 2.87. The van der Waals surface area contributed by atoms with Gasteiger partial charge in [-0.05, 0) is 43.0 Å². The van der Waals surface area contributed by atoms with Gasteiger partial charge < -0.3 is 15.4 Å². The molecular weight excluding hydrogens is 332 g/mol. The van der Waals surface area contributed by atoms with Crippen LogP contribution >= 0.6 is 11.3 Å². The Balaban J connectivity index is 1.55. The molecule has 1 saturated heterocycles. The van der Waals surface area contributed by atoms with E-state index < -0.39 is 0 Å². The van der Waals surface area contributed by atoms with Crippen LogP contribution in [0.15, 0.2) is 22.5 Å². The smallest absolute Gasteiger partial charge is 0.191 e. The highest BCUT2D eigenvalue weighted by Crippen LogP contribution is 2.26. The van der Waals surface area contributed by atoms with Gasteiger partial charge in [0.15, 0.2) is 5.96 Å². The van der Waals surface area contributed by atoms with Crippen LogP contribution in [0.4, 0.5) is 0 Å². The molecule has 3 rings (SSSR count). The van der Waals surface area contributed by atoms with Crippen LogP contribution in [-0.4, -0.2) is 56.8 Å². The summed E-state index contributed by atoms with van der Waals surface area (Å²) in [6.07, 6.45) is 5.14. The largest absolute Gasteiger partial charge is 0.379 e. The summed E-state index contributed by atoms with van der Waals surface area (Å²) in [5.41, 5.74) is 0. The van der Waals surface area contributed by atoms with Crippen LogP contribution in [0.25, 0.3) is 0 Å². The molecule has 1 unspecified atom stereocenters. The van der Waals surface area contributed by atoms with Crippen LogP contribution in [0.1, 0.15) is 43.5 Å². The standard InChI is InChI=1S/C19H32N4OS/c1-15-5-7-16(8-6-15)22-19(20-2)21-14-17(18-4-3-13-25-18)23-9-11-24-12-10-23/h3-4,13,15-17H,5-12,14H2,1-2H3,(H2,20,21,22). The number of ether oxygens (including phenoxy) is 1. The summed E-state index contributed by atoms with van der Waals surface area (Å²) in [5, 5.41) is 9.37. The lowest BCUT2D eigenvalue weighted by molar-refractivity contribution is 0.0177. The number of hydrogen-bond acceptors (Lipinski definition) is 4. The molecule has 1 aromatic heterocycles. The van der Waals surface area contributed by atoms with Gasteiger partial charge in [-0.1, -0.05) is 13.0 Å². The number of nitrogens with one attached hydrogen (secondary N) is 2. The Morgan fingerprint density at radius 2 is 2.08 bits per heavy atom. The fourth-order valence-corrected chi connectivity index (χ4v) is 4.63. The second-order valence-corrected chi connectivity index (χ2v) is 8.21. The van der Waals surface area contributed by atoms with Gasteiger partial charge in [0.1, 0.15) is 0 Å². The van der Waals surface area contributed by atoms with Crippen molar-refractivity contribution in [3.8, 4) is 0 Å². The van der Waals surface area contributed by atoms with Gasteiger partial charge in [0, 0.05) is 37.6 Å². The Kier molecular flexibility index (Phi) is 7.13. The number of guanidine groups is 1. The van der Waals surface area contributed by atoms with Gasteiger partial charge in [-0.25, -0.2) is 0 Å². The molecule has 2 fully saturated rings. The maximum absolute atomic E-state index is 5.53. The minimum atomic E-state index is 0.383. The van der Waals surface area contributed by atoms with E-state index in [0.29, 0.717) is 12.1 Å². The summed E-state index contributed by atoms with van der Waals surface area (Å²) >= 11 is 1.84. The lowest BCUT2D eigenvalue weighted by Crippen LogP contribution is -2.48. The topological polar surface area (TPSA) is 48.9 Å². The molecule has 2 heterocycles. The Labute approximate surface area is 155 Å². The number of aliphatic imine (C=N–C) groups is 1. The maximum atomic E-state index is 5.53. The van der Waals surface area contributed by atoms with Crippen molar-refractivity contribution < 1.29 is 4.74 Å². The van der Waals surface area contributed by atoms with E-state index in [1.165, 1.54) is 30.6 Å². The molecule has 1 atom stereocenters. The zero-order chi connectivity index (χ0) is 17.5. The Hall–Kier alpha value is -1.11. The second-order valence-electron chi connectivity index (χ2n) is 7.23. The number of rotatable bonds is 5. The van der Waals surface area contributed by atoms with Crippen molar-refractivity contribution in [2.75, 3.05) is 39.9 Å². The summed E-state index contributed by atoms with van der Waals surface area (Å²) in [4.78, 5) is 8.39. The molecule has 0 radical (unpaired) electrons. The van der Waals surface area contributed by atoms with Crippen molar-refractivity contribution in [3.05, 3.63) is 22.4 Å². The third-order valence-corrected chi connectivity index (χ3v) is 6.37. The maximum Gasteiger partial charge on any atom is 0.191 e. The molecule has 140 valence electrons. The highest BCUT2D eigenvalue weighted by Gasteiger charge is 2.24. The third kappa shape index (κ3) is 5.43. The number of nitrogens with zero attached hydrogens (tertiary/aromatic N) is 2.